The quantitative estimate of drug-likeness (QED) is 0.560. The maximum Gasteiger partial charge on any atom is 1.00 e. The molecule has 1 fully saturated rings. The van der Waals surface area contributed by atoms with Crippen LogP contribution in [0.25, 0.3) is 0 Å². The van der Waals surface area contributed by atoms with Gasteiger partial charge in [-0.1, -0.05) is 30.3 Å². The number of benzene rings is 1. The van der Waals surface area contributed by atoms with Crippen LogP contribution in [-0.2, 0) is 22.6 Å². The topological polar surface area (TPSA) is 85.6 Å². The number of aliphatic carboxylic acids is 1. The summed E-state index contributed by atoms with van der Waals surface area (Å²) < 4.78 is 5.24. The van der Waals surface area contributed by atoms with Gasteiger partial charge in [0.2, 0.25) is 5.91 Å². The van der Waals surface area contributed by atoms with E-state index in [1.165, 1.54) is 0 Å². The Bertz CT molecular complexity index is 706. The molecular weight excluding hydrogens is 343 g/mol. The third kappa shape index (κ3) is 5.20. The van der Waals surface area contributed by atoms with Gasteiger partial charge in [0, 0.05) is 19.5 Å². The Morgan fingerprint density at radius 1 is 1.12 bits per heavy atom. The molecule has 1 aromatic carbocycles. The average molecular weight is 364 g/mol. The van der Waals surface area contributed by atoms with Crippen molar-refractivity contribution in [2.75, 3.05) is 6.54 Å². The van der Waals surface area contributed by atoms with Crippen molar-refractivity contribution in [2.24, 2.45) is 0 Å². The molecule has 6 nitrogen and oxygen atoms in total. The minimum atomic E-state index is -1.12. The van der Waals surface area contributed by atoms with Crippen LogP contribution in [0.4, 0.5) is 0 Å². The molecule has 0 bridgehead atoms. The Morgan fingerprint density at radius 3 is 2.50 bits per heavy atom. The van der Waals surface area contributed by atoms with Crippen LogP contribution >= 0.6 is 0 Å². The summed E-state index contributed by atoms with van der Waals surface area (Å²) in [6.45, 7) is 0.869. The van der Waals surface area contributed by atoms with Gasteiger partial charge in [-0.2, -0.15) is 0 Å². The Morgan fingerprint density at radius 2 is 1.85 bits per heavy atom. The molecule has 7 heteroatoms. The third-order valence-electron chi connectivity index (χ3n) is 4.55. The van der Waals surface area contributed by atoms with Crippen molar-refractivity contribution in [1.82, 2.24) is 10.2 Å². The number of rotatable bonds is 7. The summed E-state index contributed by atoms with van der Waals surface area (Å²) in [5.41, 5.74) is 0.976. The molecule has 0 radical (unpaired) electrons. The summed E-state index contributed by atoms with van der Waals surface area (Å²) in [4.78, 5) is 25.7. The van der Waals surface area contributed by atoms with Crippen molar-refractivity contribution in [2.45, 2.75) is 37.9 Å². The number of carboxylic acids is 1. The fourth-order valence-electron chi connectivity index (χ4n) is 3.30. The van der Waals surface area contributed by atoms with E-state index in [0.717, 1.165) is 11.3 Å². The zero-order valence-corrected chi connectivity index (χ0v) is 16.9. The van der Waals surface area contributed by atoms with E-state index in [1.54, 1.807) is 17.2 Å². The molecule has 0 aliphatic carbocycles. The van der Waals surface area contributed by atoms with Crippen LogP contribution in [0, 0.1) is 0 Å². The molecule has 1 saturated heterocycles. The van der Waals surface area contributed by atoms with Gasteiger partial charge in [0.1, 0.15) is 5.76 Å². The summed E-state index contributed by atoms with van der Waals surface area (Å²) in [5, 5.41) is 14.3. The van der Waals surface area contributed by atoms with E-state index in [9.17, 15) is 14.7 Å². The van der Waals surface area contributed by atoms with Crippen LogP contribution in [0.3, 0.4) is 0 Å². The van der Waals surface area contributed by atoms with E-state index in [2.05, 4.69) is 5.32 Å². The molecule has 1 amide bonds. The minimum absolute atomic E-state index is 0. The number of likely N-dealkylation sites (tertiary alicyclic amines) is 1. The van der Waals surface area contributed by atoms with Gasteiger partial charge in [-0.15, -0.1) is 0 Å². The van der Waals surface area contributed by atoms with Crippen LogP contribution in [0.15, 0.2) is 53.1 Å². The first-order valence-electron chi connectivity index (χ1n) is 8.46. The fraction of sp³-hybridized carbons (Fsp3) is 0.368. The number of carboxylic acid groups (broad SMARTS) is 1. The minimum Gasteiger partial charge on any atom is -0.548 e. The second-order valence-corrected chi connectivity index (χ2v) is 6.21. The number of furan rings is 1. The molecule has 1 aliphatic heterocycles. The summed E-state index contributed by atoms with van der Waals surface area (Å²) in [7, 11) is 0. The molecule has 26 heavy (non-hydrogen) atoms. The van der Waals surface area contributed by atoms with Gasteiger partial charge in [0.05, 0.1) is 24.3 Å². The Kier molecular flexibility index (Phi) is 7.90. The molecule has 1 aromatic heterocycles. The molecule has 2 unspecified atom stereocenters. The second-order valence-electron chi connectivity index (χ2n) is 6.21. The predicted octanol–water partition coefficient (Wildman–Crippen LogP) is -2.27. The molecule has 3 rings (SSSR count). The van der Waals surface area contributed by atoms with Gasteiger partial charge in [0.15, 0.2) is 0 Å². The largest absolute Gasteiger partial charge is 1.00 e. The first-order valence-corrected chi connectivity index (χ1v) is 8.46. The number of nitrogens with one attached hydrogen (secondary N) is 1. The van der Waals surface area contributed by atoms with Crippen LogP contribution < -0.4 is 40.0 Å². The number of carbonyl (C=O) groups excluding carboxylic acids is 2. The van der Waals surface area contributed by atoms with Crippen molar-refractivity contribution in [3.05, 3.63) is 60.1 Å². The van der Waals surface area contributed by atoms with Gasteiger partial charge in [-0.05, 0) is 30.5 Å². The Hall–Kier alpha value is -1.60. The third-order valence-corrected chi connectivity index (χ3v) is 4.55. The zero-order chi connectivity index (χ0) is 17.6. The second kappa shape index (κ2) is 9.92. The van der Waals surface area contributed by atoms with E-state index in [0.29, 0.717) is 32.4 Å². The monoisotopic (exact) mass is 364 g/mol. The summed E-state index contributed by atoms with van der Waals surface area (Å²) in [6.07, 6.45) is 3.14. The van der Waals surface area contributed by atoms with Crippen LogP contribution in [-0.4, -0.2) is 35.4 Å². The smallest absolute Gasteiger partial charge is 0.548 e. The molecular formula is C19H21N2NaO4. The van der Waals surface area contributed by atoms with Crippen molar-refractivity contribution in [1.29, 1.82) is 0 Å². The van der Waals surface area contributed by atoms with Gasteiger partial charge in [-0.3, -0.25) is 9.69 Å². The number of hydrogen-bond donors (Lipinski definition) is 1. The van der Waals surface area contributed by atoms with Crippen LogP contribution in [0.5, 0.6) is 0 Å². The molecule has 0 saturated carbocycles. The molecule has 132 valence electrons. The molecule has 1 aliphatic rings. The molecule has 2 atom stereocenters. The van der Waals surface area contributed by atoms with Gasteiger partial charge >= 0.3 is 29.6 Å². The van der Waals surface area contributed by atoms with E-state index in [4.69, 9.17) is 4.42 Å². The summed E-state index contributed by atoms with van der Waals surface area (Å²) in [5.74, 6) is -0.464. The zero-order valence-electron chi connectivity index (χ0n) is 14.9. The SMILES string of the molecule is O=C([O-])C1CCC(C(=O)NCCc2ccco2)N1Cc1ccccc1.[Na+]. The van der Waals surface area contributed by atoms with Crippen LogP contribution in [0.2, 0.25) is 0 Å². The Labute approximate surface area is 174 Å². The van der Waals surface area contributed by atoms with Crippen molar-refractivity contribution >= 4 is 11.9 Å². The maximum atomic E-state index is 12.5. The van der Waals surface area contributed by atoms with Crippen molar-refractivity contribution in [3.8, 4) is 0 Å². The number of nitrogens with zero attached hydrogens (tertiary/aromatic N) is 1. The molecule has 0 spiro atoms. The van der Waals surface area contributed by atoms with Crippen LogP contribution in [0.1, 0.15) is 24.2 Å². The maximum absolute atomic E-state index is 12.5. The standard InChI is InChI=1S/C19H22N2O4.Na/c22-18(20-11-10-15-7-4-12-25-15)16-8-9-17(19(23)24)21(16)13-14-5-2-1-3-6-14;/h1-7,12,16-17H,8-11,13H2,(H,20,22)(H,23,24);/q;+1/p-1. The molecule has 2 heterocycles. The van der Waals surface area contributed by atoms with Crippen molar-refractivity contribution in [3.63, 3.8) is 0 Å². The van der Waals surface area contributed by atoms with Gasteiger partial charge in [0.25, 0.3) is 0 Å². The van der Waals surface area contributed by atoms with E-state index in [-0.39, 0.29) is 35.5 Å². The Balaban J connectivity index is 0.00000243. The van der Waals surface area contributed by atoms with Gasteiger partial charge < -0.3 is 19.6 Å². The molecule has 1 N–H and O–H groups in total. The average Bonchev–Trinajstić information content (AvgIpc) is 3.25. The summed E-state index contributed by atoms with van der Waals surface area (Å²) >= 11 is 0. The van der Waals surface area contributed by atoms with Crippen molar-refractivity contribution < 1.29 is 48.7 Å². The summed E-state index contributed by atoms with van der Waals surface area (Å²) in [6, 6.07) is 12.0. The predicted molar refractivity (Wildman–Crippen MR) is 89.2 cm³/mol. The first kappa shape index (κ1) is 20.7. The van der Waals surface area contributed by atoms with E-state index in [1.807, 2.05) is 36.4 Å². The van der Waals surface area contributed by atoms with E-state index < -0.39 is 18.1 Å². The number of carbonyl (C=O) groups is 2. The number of hydrogen-bond acceptors (Lipinski definition) is 5. The van der Waals surface area contributed by atoms with Gasteiger partial charge in [-0.25, -0.2) is 0 Å². The first-order chi connectivity index (χ1) is 12.1. The fourth-order valence-corrected chi connectivity index (χ4v) is 3.30. The number of amides is 1. The van der Waals surface area contributed by atoms with E-state index >= 15 is 0 Å². The molecule has 2 aromatic rings. The normalized spacial score (nSPS) is 19.7.